The summed E-state index contributed by atoms with van der Waals surface area (Å²) in [7, 11) is 0. The van der Waals surface area contributed by atoms with E-state index in [4.69, 9.17) is 11.6 Å². The molecule has 0 N–H and O–H groups in total. The van der Waals surface area contributed by atoms with E-state index in [2.05, 4.69) is 10.1 Å². The molecule has 1 amide bonds. The summed E-state index contributed by atoms with van der Waals surface area (Å²) in [4.78, 5) is 18.6. The lowest BCUT2D eigenvalue weighted by molar-refractivity contribution is 0.0600. The molecule has 3 rings (SSSR count). The number of halogens is 1. The lowest BCUT2D eigenvalue weighted by Crippen LogP contribution is -2.45. The monoisotopic (exact) mass is 278 g/mol. The zero-order valence-electron chi connectivity index (χ0n) is 10.5. The van der Waals surface area contributed by atoms with Crippen LogP contribution in [0.25, 0.3) is 5.52 Å². The number of aromatic nitrogens is 3. The number of rotatable bonds is 4. The van der Waals surface area contributed by atoms with Crippen molar-refractivity contribution in [1.82, 2.24) is 19.5 Å². The average Bonchev–Trinajstić information content (AvgIpc) is 2.79. The number of hydrogen-bond acceptors (Lipinski definition) is 3. The first kappa shape index (κ1) is 12.4. The molecule has 19 heavy (non-hydrogen) atoms. The van der Waals surface area contributed by atoms with Gasteiger partial charge in [0.15, 0.2) is 0 Å². The van der Waals surface area contributed by atoms with E-state index >= 15 is 0 Å². The fourth-order valence-corrected chi connectivity index (χ4v) is 2.58. The van der Waals surface area contributed by atoms with Gasteiger partial charge in [-0.3, -0.25) is 9.78 Å². The average molecular weight is 279 g/mol. The summed E-state index contributed by atoms with van der Waals surface area (Å²) in [6.45, 7) is 0.586. The first-order valence-corrected chi connectivity index (χ1v) is 6.99. The molecule has 0 aromatic carbocycles. The molecule has 0 radical (unpaired) electrons. The van der Waals surface area contributed by atoms with Crippen LogP contribution in [0.15, 0.2) is 24.8 Å². The Hall–Kier alpha value is -1.62. The van der Waals surface area contributed by atoms with E-state index < -0.39 is 0 Å². The van der Waals surface area contributed by atoms with E-state index in [0.29, 0.717) is 24.0 Å². The molecule has 2 aromatic rings. The third-order valence-electron chi connectivity index (χ3n) is 3.66. The minimum atomic E-state index is 0.00773. The maximum Gasteiger partial charge on any atom is 0.258 e. The standard InChI is InChI=1S/C13H15ClN4O/c14-4-6-17(10-2-1-3-10)13(19)11-8-16-18-7-5-15-9-12(11)18/h5,7-10H,1-4,6H2. The van der Waals surface area contributed by atoms with Crippen LogP contribution in [-0.2, 0) is 0 Å². The van der Waals surface area contributed by atoms with Crippen molar-refractivity contribution in [2.75, 3.05) is 12.4 Å². The molecule has 6 heteroatoms. The van der Waals surface area contributed by atoms with Gasteiger partial charge >= 0.3 is 0 Å². The first-order valence-electron chi connectivity index (χ1n) is 6.45. The van der Waals surface area contributed by atoms with Crippen molar-refractivity contribution in [3.8, 4) is 0 Å². The van der Waals surface area contributed by atoms with Crippen LogP contribution in [0, 0.1) is 0 Å². The highest BCUT2D eigenvalue weighted by molar-refractivity contribution is 6.18. The quantitative estimate of drug-likeness (QED) is 0.804. The maximum absolute atomic E-state index is 12.6. The first-order chi connectivity index (χ1) is 9.31. The Morgan fingerprint density at radius 1 is 1.47 bits per heavy atom. The number of hydrogen-bond donors (Lipinski definition) is 0. The second-order valence-corrected chi connectivity index (χ2v) is 5.11. The van der Waals surface area contributed by atoms with Crippen molar-refractivity contribution < 1.29 is 4.79 Å². The van der Waals surface area contributed by atoms with Gasteiger partial charge in [0.1, 0.15) is 0 Å². The molecule has 1 fully saturated rings. The minimum Gasteiger partial charge on any atom is -0.334 e. The molecular formula is C13H15ClN4O. The number of alkyl halides is 1. The zero-order valence-corrected chi connectivity index (χ0v) is 11.3. The molecule has 5 nitrogen and oxygen atoms in total. The summed E-state index contributed by atoms with van der Waals surface area (Å²) in [6.07, 6.45) is 9.99. The highest BCUT2D eigenvalue weighted by Crippen LogP contribution is 2.26. The number of amides is 1. The van der Waals surface area contributed by atoms with Crippen LogP contribution in [0.5, 0.6) is 0 Å². The molecule has 0 unspecified atom stereocenters. The minimum absolute atomic E-state index is 0.00773. The van der Waals surface area contributed by atoms with E-state index in [1.807, 2.05) is 4.90 Å². The van der Waals surface area contributed by atoms with E-state index in [1.165, 1.54) is 6.42 Å². The van der Waals surface area contributed by atoms with Crippen molar-refractivity contribution in [3.05, 3.63) is 30.4 Å². The summed E-state index contributed by atoms with van der Waals surface area (Å²) in [5.41, 5.74) is 1.34. The van der Waals surface area contributed by atoms with Gasteiger partial charge in [-0.05, 0) is 19.3 Å². The second kappa shape index (κ2) is 5.17. The van der Waals surface area contributed by atoms with Crippen LogP contribution in [0.3, 0.4) is 0 Å². The number of carbonyl (C=O) groups excluding carboxylic acids is 1. The van der Waals surface area contributed by atoms with Crippen LogP contribution >= 0.6 is 11.6 Å². The third-order valence-corrected chi connectivity index (χ3v) is 3.83. The molecule has 0 spiro atoms. The molecule has 0 bridgehead atoms. The van der Waals surface area contributed by atoms with Crippen LogP contribution in [-0.4, -0.2) is 43.9 Å². The van der Waals surface area contributed by atoms with Gasteiger partial charge in [0, 0.05) is 30.9 Å². The van der Waals surface area contributed by atoms with Gasteiger partial charge in [0.25, 0.3) is 5.91 Å². The Bertz CT molecular complexity index is 593. The lowest BCUT2D eigenvalue weighted by Gasteiger charge is -2.37. The Morgan fingerprint density at radius 2 is 2.32 bits per heavy atom. The second-order valence-electron chi connectivity index (χ2n) is 4.74. The molecule has 1 saturated carbocycles. The Labute approximate surface area is 116 Å². The van der Waals surface area contributed by atoms with Gasteiger partial charge < -0.3 is 4.90 Å². The highest BCUT2D eigenvalue weighted by Gasteiger charge is 2.30. The summed E-state index contributed by atoms with van der Waals surface area (Å²) in [5, 5.41) is 4.18. The molecule has 0 saturated heterocycles. The van der Waals surface area contributed by atoms with Crippen molar-refractivity contribution in [3.63, 3.8) is 0 Å². The molecule has 1 aliphatic rings. The number of fused-ring (bicyclic) bond motifs is 1. The molecule has 2 heterocycles. The van der Waals surface area contributed by atoms with Crippen molar-refractivity contribution in [2.24, 2.45) is 0 Å². The van der Waals surface area contributed by atoms with Crippen LogP contribution in [0.4, 0.5) is 0 Å². The summed E-state index contributed by atoms with van der Waals surface area (Å²) >= 11 is 5.82. The maximum atomic E-state index is 12.6. The molecule has 1 aliphatic carbocycles. The Kier molecular flexibility index (Phi) is 3.38. The van der Waals surface area contributed by atoms with E-state index in [9.17, 15) is 4.79 Å². The van der Waals surface area contributed by atoms with Gasteiger partial charge in [0.05, 0.1) is 23.5 Å². The van der Waals surface area contributed by atoms with E-state index in [0.717, 1.165) is 18.4 Å². The van der Waals surface area contributed by atoms with Gasteiger partial charge in [-0.25, -0.2) is 4.52 Å². The molecule has 2 aromatic heterocycles. The number of nitrogens with zero attached hydrogens (tertiary/aromatic N) is 4. The smallest absolute Gasteiger partial charge is 0.258 e. The predicted molar refractivity (Wildman–Crippen MR) is 72.4 cm³/mol. The SMILES string of the molecule is O=C(c1cnn2ccncc12)N(CCCl)C1CCC1. The molecule has 100 valence electrons. The number of carbonyl (C=O) groups is 1. The van der Waals surface area contributed by atoms with Crippen LogP contribution in [0.2, 0.25) is 0 Å². The highest BCUT2D eigenvalue weighted by atomic mass is 35.5. The summed E-state index contributed by atoms with van der Waals surface area (Å²) in [5.74, 6) is 0.466. The fraction of sp³-hybridized carbons (Fsp3) is 0.462. The van der Waals surface area contributed by atoms with Crippen molar-refractivity contribution >= 4 is 23.0 Å². The van der Waals surface area contributed by atoms with Crippen molar-refractivity contribution in [1.29, 1.82) is 0 Å². The van der Waals surface area contributed by atoms with Crippen LogP contribution < -0.4 is 0 Å². The van der Waals surface area contributed by atoms with Crippen molar-refractivity contribution in [2.45, 2.75) is 25.3 Å². The van der Waals surface area contributed by atoms with Gasteiger partial charge in [-0.15, -0.1) is 11.6 Å². The van der Waals surface area contributed by atoms with Crippen LogP contribution in [0.1, 0.15) is 29.6 Å². The molecule has 0 aliphatic heterocycles. The zero-order chi connectivity index (χ0) is 13.2. The molecule has 0 atom stereocenters. The third kappa shape index (κ3) is 2.18. The van der Waals surface area contributed by atoms with E-state index in [1.54, 1.807) is 29.3 Å². The Balaban J connectivity index is 1.92. The van der Waals surface area contributed by atoms with Gasteiger partial charge in [-0.1, -0.05) is 0 Å². The van der Waals surface area contributed by atoms with Gasteiger partial charge in [-0.2, -0.15) is 5.10 Å². The largest absolute Gasteiger partial charge is 0.334 e. The fourth-order valence-electron chi connectivity index (χ4n) is 2.39. The topological polar surface area (TPSA) is 50.5 Å². The van der Waals surface area contributed by atoms with Gasteiger partial charge in [0.2, 0.25) is 0 Å². The predicted octanol–water partition coefficient (Wildman–Crippen LogP) is 1.96. The lowest BCUT2D eigenvalue weighted by atomic mass is 9.91. The normalized spacial score (nSPS) is 15.4. The summed E-state index contributed by atoms with van der Waals surface area (Å²) in [6, 6.07) is 0.331. The Morgan fingerprint density at radius 3 is 3.00 bits per heavy atom. The van der Waals surface area contributed by atoms with E-state index in [-0.39, 0.29) is 5.91 Å². The molecular weight excluding hydrogens is 264 g/mol. The summed E-state index contributed by atoms with van der Waals surface area (Å²) < 4.78 is 1.67.